The number of rotatable bonds is 11. The fraction of sp³-hybridized carbons (Fsp3) is 0.364. The lowest BCUT2D eigenvalue weighted by Crippen LogP contribution is -2.65. The topological polar surface area (TPSA) is 84.5 Å². The van der Waals surface area contributed by atoms with Crippen molar-refractivity contribution in [3.8, 4) is 0 Å². The number of amides is 1. The van der Waals surface area contributed by atoms with E-state index in [1.54, 1.807) is 24.3 Å². The minimum absolute atomic E-state index is 0.0230. The molecule has 0 aliphatic carbocycles. The SMILES string of the molecule is CCCC(=O)Nc1ccc(C(=O)C[N+]23CCC(CC2)[C@@H](OC(=O)[C@H](Nc2ccccc2)c2ccccc2)C3)cc1. The molecule has 2 atom stereocenters. The van der Waals surface area contributed by atoms with E-state index in [2.05, 4.69) is 10.6 Å². The molecule has 2 bridgehead atoms. The van der Waals surface area contributed by atoms with Gasteiger partial charge in [0.25, 0.3) is 0 Å². The van der Waals surface area contributed by atoms with Gasteiger partial charge in [-0.3, -0.25) is 9.59 Å². The molecule has 0 saturated carbocycles. The number of hydrogen-bond donors (Lipinski definition) is 2. The molecule has 6 rings (SSSR count). The van der Waals surface area contributed by atoms with Gasteiger partial charge in [-0.15, -0.1) is 0 Å². The van der Waals surface area contributed by atoms with Gasteiger partial charge in [-0.1, -0.05) is 55.5 Å². The van der Waals surface area contributed by atoms with Gasteiger partial charge in [0.15, 0.2) is 12.1 Å². The Morgan fingerprint density at radius 3 is 2.17 bits per heavy atom. The number of anilines is 2. The Balaban J connectivity index is 1.25. The van der Waals surface area contributed by atoms with Crippen LogP contribution in [0, 0.1) is 5.92 Å². The van der Waals surface area contributed by atoms with E-state index in [1.165, 1.54) is 0 Å². The van der Waals surface area contributed by atoms with Crippen LogP contribution in [0.15, 0.2) is 84.9 Å². The van der Waals surface area contributed by atoms with Crippen LogP contribution in [0.4, 0.5) is 11.4 Å². The summed E-state index contributed by atoms with van der Waals surface area (Å²) in [4.78, 5) is 38.8. The standard InChI is InChI=1S/C33H37N3O4/c1-2-9-31(38)34-28-16-14-24(15-17-28)29(37)22-36-20-18-25(19-21-36)30(23-36)40-33(39)32(26-10-5-3-6-11-26)35-27-12-7-4-8-13-27/h3-8,10-17,25,30,32,35H,2,9,18-23H2,1H3/p+1/t25?,30-,32+,36?/m0/s1. The van der Waals surface area contributed by atoms with Crippen molar-refractivity contribution >= 4 is 29.0 Å². The van der Waals surface area contributed by atoms with Gasteiger partial charge in [0.1, 0.15) is 13.1 Å². The first-order chi connectivity index (χ1) is 19.4. The number of fused-ring (bicyclic) bond motifs is 3. The molecule has 1 amide bonds. The Morgan fingerprint density at radius 1 is 0.875 bits per heavy atom. The summed E-state index contributed by atoms with van der Waals surface area (Å²) in [7, 11) is 0. The van der Waals surface area contributed by atoms with E-state index in [-0.39, 0.29) is 23.8 Å². The van der Waals surface area contributed by atoms with Crippen molar-refractivity contribution < 1.29 is 23.6 Å². The molecule has 3 aromatic carbocycles. The maximum Gasteiger partial charge on any atom is 0.333 e. The first-order valence-corrected chi connectivity index (χ1v) is 14.3. The number of hydrogen-bond acceptors (Lipinski definition) is 5. The molecule has 3 aliphatic heterocycles. The second-order valence-electron chi connectivity index (χ2n) is 11.1. The minimum atomic E-state index is -0.620. The molecule has 3 heterocycles. The van der Waals surface area contributed by atoms with Crippen molar-refractivity contribution in [3.05, 3.63) is 96.1 Å². The van der Waals surface area contributed by atoms with Crippen LogP contribution in [0.3, 0.4) is 0 Å². The number of benzene rings is 3. The molecule has 3 aromatic rings. The highest BCUT2D eigenvalue weighted by molar-refractivity contribution is 5.98. The van der Waals surface area contributed by atoms with E-state index in [0.29, 0.717) is 41.2 Å². The maximum absolute atomic E-state index is 13.6. The smallest absolute Gasteiger partial charge is 0.333 e. The summed E-state index contributed by atoms with van der Waals surface area (Å²) in [5.74, 6) is 0.0760. The second-order valence-corrected chi connectivity index (χ2v) is 11.1. The van der Waals surface area contributed by atoms with E-state index in [0.717, 1.165) is 43.6 Å². The number of carbonyl (C=O) groups is 3. The van der Waals surface area contributed by atoms with Crippen molar-refractivity contribution in [3.63, 3.8) is 0 Å². The molecular weight excluding hydrogens is 502 g/mol. The van der Waals surface area contributed by atoms with Gasteiger partial charge in [-0.2, -0.15) is 0 Å². The molecule has 2 N–H and O–H groups in total. The van der Waals surface area contributed by atoms with Crippen molar-refractivity contribution in [1.29, 1.82) is 0 Å². The number of ether oxygens (including phenoxy) is 1. The Morgan fingerprint density at radius 2 is 1.52 bits per heavy atom. The Labute approximate surface area is 236 Å². The zero-order chi connectivity index (χ0) is 28.0. The van der Waals surface area contributed by atoms with Crippen LogP contribution in [0.5, 0.6) is 0 Å². The summed E-state index contributed by atoms with van der Waals surface area (Å²) in [5.41, 5.74) is 3.04. The third-order valence-electron chi connectivity index (χ3n) is 8.21. The van der Waals surface area contributed by atoms with Gasteiger partial charge in [-0.25, -0.2) is 4.79 Å². The molecule has 0 spiro atoms. The van der Waals surface area contributed by atoms with Crippen molar-refractivity contribution in [2.75, 3.05) is 36.8 Å². The van der Waals surface area contributed by atoms with Gasteiger partial charge >= 0.3 is 5.97 Å². The largest absolute Gasteiger partial charge is 0.454 e. The number of nitrogens with one attached hydrogen (secondary N) is 2. The van der Waals surface area contributed by atoms with Gasteiger partial charge in [-0.05, 0) is 48.4 Å². The summed E-state index contributed by atoms with van der Waals surface area (Å²) in [6.45, 7) is 4.83. The predicted octanol–water partition coefficient (Wildman–Crippen LogP) is 5.61. The molecule has 40 heavy (non-hydrogen) atoms. The van der Waals surface area contributed by atoms with E-state index in [9.17, 15) is 14.4 Å². The zero-order valence-corrected chi connectivity index (χ0v) is 23.1. The summed E-state index contributed by atoms with van der Waals surface area (Å²) in [6.07, 6.45) is 2.92. The quantitative estimate of drug-likeness (QED) is 0.188. The lowest BCUT2D eigenvalue weighted by molar-refractivity contribution is -0.938. The molecule has 3 aliphatic rings. The van der Waals surface area contributed by atoms with Crippen LogP contribution in [0.25, 0.3) is 0 Å². The Bertz CT molecular complexity index is 1300. The molecule has 3 fully saturated rings. The average molecular weight is 541 g/mol. The highest BCUT2D eigenvalue weighted by Crippen LogP contribution is 2.37. The number of ketones is 1. The van der Waals surface area contributed by atoms with Crippen LogP contribution in [0.2, 0.25) is 0 Å². The summed E-state index contributed by atoms with van der Waals surface area (Å²) in [6, 6.07) is 25.9. The minimum Gasteiger partial charge on any atom is -0.454 e. The third kappa shape index (κ3) is 6.59. The van der Waals surface area contributed by atoms with Gasteiger partial charge in [0.2, 0.25) is 11.7 Å². The average Bonchev–Trinajstić information content (AvgIpc) is 2.97. The van der Waals surface area contributed by atoms with Crippen LogP contribution in [0.1, 0.15) is 54.6 Å². The molecule has 7 nitrogen and oxygen atoms in total. The lowest BCUT2D eigenvalue weighted by Gasteiger charge is -2.51. The van der Waals surface area contributed by atoms with Crippen molar-refractivity contribution in [2.24, 2.45) is 5.92 Å². The first-order valence-electron chi connectivity index (χ1n) is 14.3. The normalized spacial score (nSPS) is 22.2. The predicted molar refractivity (Wildman–Crippen MR) is 156 cm³/mol. The van der Waals surface area contributed by atoms with Crippen LogP contribution in [-0.4, -0.2) is 54.4 Å². The van der Waals surface area contributed by atoms with Crippen LogP contribution < -0.4 is 10.6 Å². The van der Waals surface area contributed by atoms with E-state index >= 15 is 0 Å². The molecule has 0 aromatic heterocycles. The van der Waals surface area contributed by atoms with E-state index in [1.807, 2.05) is 67.6 Å². The second kappa shape index (κ2) is 12.5. The zero-order valence-electron chi connectivity index (χ0n) is 23.1. The first kappa shape index (κ1) is 27.6. The Hall–Kier alpha value is -3.97. The lowest BCUT2D eigenvalue weighted by atomic mass is 9.82. The number of nitrogens with zero attached hydrogens (tertiary/aromatic N) is 1. The number of carbonyl (C=O) groups excluding carboxylic acids is 3. The van der Waals surface area contributed by atoms with Crippen molar-refractivity contribution in [2.45, 2.75) is 44.8 Å². The number of Topliss-reactive ketones (excluding diaryl/α,β-unsaturated/α-hetero) is 1. The molecule has 0 radical (unpaired) electrons. The summed E-state index contributed by atoms with van der Waals surface area (Å²) >= 11 is 0. The molecule has 0 unspecified atom stereocenters. The number of quaternary nitrogens is 1. The number of piperidine rings is 3. The summed E-state index contributed by atoms with van der Waals surface area (Å²) in [5, 5.41) is 6.22. The molecule has 3 saturated heterocycles. The van der Waals surface area contributed by atoms with Crippen molar-refractivity contribution in [1.82, 2.24) is 0 Å². The van der Waals surface area contributed by atoms with Crippen LogP contribution >= 0.6 is 0 Å². The molecule has 208 valence electrons. The van der Waals surface area contributed by atoms with Crippen LogP contribution in [-0.2, 0) is 14.3 Å². The number of esters is 1. The maximum atomic E-state index is 13.6. The highest BCUT2D eigenvalue weighted by atomic mass is 16.5. The fourth-order valence-electron chi connectivity index (χ4n) is 6.00. The van der Waals surface area contributed by atoms with Gasteiger partial charge in [0, 0.05) is 42.1 Å². The van der Waals surface area contributed by atoms with Gasteiger partial charge < -0.3 is 19.9 Å². The van der Waals surface area contributed by atoms with Gasteiger partial charge in [0.05, 0.1) is 13.1 Å². The van der Waals surface area contributed by atoms with E-state index in [4.69, 9.17) is 4.74 Å². The Kier molecular flexibility index (Phi) is 8.60. The summed E-state index contributed by atoms with van der Waals surface area (Å²) < 4.78 is 6.87. The highest BCUT2D eigenvalue weighted by Gasteiger charge is 2.49. The molecular formula is C33H38N3O4+. The fourth-order valence-corrected chi connectivity index (χ4v) is 6.00. The van der Waals surface area contributed by atoms with E-state index < -0.39 is 6.04 Å². The molecule has 7 heteroatoms. The number of para-hydroxylation sites is 1. The monoisotopic (exact) mass is 540 g/mol. The third-order valence-corrected chi connectivity index (χ3v) is 8.21.